The van der Waals surface area contributed by atoms with Crippen LogP contribution >= 0.6 is 0 Å². The molecular formula is C10H17NO2. The van der Waals surface area contributed by atoms with Gasteiger partial charge in [-0.2, -0.15) is 0 Å². The Morgan fingerprint density at radius 1 is 1.38 bits per heavy atom. The molecule has 2 N–H and O–H groups in total. The Labute approximate surface area is 78.5 Å². The maximum atomic E-state index is 11.2. The van der Waals surface area contributed by atoms with Gasteiger partial charge in [-0.15, -0.1) is 0 Å². The molecule has 2 aliphatic rings. The monoisotopic (exact) mass is 183 g/mol. The summed E-state index contributed by atoms with van der Waals surface area (Å²) in [5.74, 6) is 0.999. The summed E-state index contributed by atoms with van der Waals surface area (Å²) in [6.07, 6.45) is 4.98. The summed E-state index contributed by atoms with van der Waals surface area (Å²) >= 11 is 0. The Kier molecular flexibility index (Phi) is 2.54. The molecule has 1 atom stereocenters. The summed E-state index contributed by atoms with van der Waals surface area (Å²) < 4.78 is 0. The van der Waals surface area contributed by atoms with Crippen molar-refractivity contribution in [1.82, 2.24) is 5.32 Å². The van der Waals surface area contributed by atoms with E-state index in [4.69, 9.17) is 0 Å². The van der Waals surface area contributed by atoms with E-state index in [1.54, 1.807) is 0 Å². The SMILES string of the molecule is O=C(NCC[C@@H](O)C1CC1)C1CC1. The Morgan fingerprint density at radius 2 is 2.08 bits per heavy atom. The van der Waals surface area contributed by atoms with Gasteiger partial charge >= 0.3 is 0 Å². The summed E-state index contributed by atoms with van der Waals surface area (Å²) in [5.41, 5.74) is 0. The summed E-state index contributed by atoms with van der Waals surface area (Å²) in [7, 11) is 0. The summed E-state index contributed by atoms with van der Waals surface area (Å²) in [4.78, 5) is 11.2. The molecule has 0 bridgehead atoms. The van der Waals surface area contributed by atoms with Crippen LogP contribution in [-0.2, 0) is 4.79 Å². The minimum absolute atomic E-state index is 0.181. The molecule has 2 saturated carbocycles. The summed E-state index contributed by atoms with van der Waals surface area (Å²) in [6, 6.07) is 0. The predicted molar refractivity (Wildman–Crippen MR) is 49.1 cm³/mol. The number of hydrogen-bond donors (Lipinski definition) is 2. The predicted octanol–water partition coefficient (Wildman–Crippen LogP) is 0.674. The second-order valence-corrected chi connectivity index (χ2v) is 4.26. The van der Waals surface area contributed by atoms with Gasteiger partial charge < -0.3 is 10.4 Å². The van der Waals surface area contributed by atoms with Gasteiger partial charge in [0.15, 0.2) is 0 Å². The van der Waals surface area contributed by atoms with E-state index in [2.05, 4.69) is 5.32 Å². The van der Waals surface area contributed by atoms with Crippen LogP contribution in [0.4, 0.5) is 0 Å². The van der Waals surface area contributed by atoms with Crippen LogP contribution in [0.3, 0.4) is 0 Å². The highest BCUT2D eigenvalue weighted by atomic mass is 16.3. The zero-order valence-electron chi connectivity index (χ0n) is 7.83. The van der Waals surface area contributed by atoms with Gasteiger partial charge in [-0.05, 0) is 38.0 Å². The molecule has 3 heteroatoms. The lowest BCUT2D eigenvalue weighted by atomic mass is 10.1. The smallest absolute Gasteiger partial charge is 0.223 e. The molecule has 0 saturated heterocycles. The lowest BCUT2D eigenvalue weighted by Gasteiger charge is -2.09. The first-order valence-electron chi connectivity index (χ1n) is 5.23. The van der Waals surface area contributed by atoms with Crippen LogP contribution < -0.4 is 5.32 Å². The van der Waals surface area contributed by atoms with E-state index in [1.165, 1.54) is 0 Å². The van der Waals surface area contributed by atoms with Crippen LogP contribution in [0.25, 0.3) is 0 Å². The van der Waals surface area contributed by atoms with E-state index in [1.807, 2.05) is 0 Å². The second-order valence-electron chi connectivity index (χ2n) is 4.26. The molecule has 0 heterocycles. The van der Waals surface area contributed by atoms with Gasteiger partial charge in [-0.3, -0.25) is 4.79 Å². The minimum atomic E-state index is -0.181. The standard InChI is InChI=1S/C10H17NO2/c12-9(7-1-2-7)5-6-11-10(13)8-3-4-8/h7-9,12H,1-6H2,(H,11,13)/t9-/m1/s1. The lowest BCUT2D eigenvalue weighted by molar-refractivity contribution is -0.122. The van der Waals surface area contributed by atoms with Crippen molar-refractivity contribution in [3.8, 4) is 0 Å². The van der Waals surface area contributed by atoms with Crippen molar-refractivity contribution in [2.45, 2.75) is 38.2 Å². The third kappa shape index (κ3) is 2.69. The molecule has 3 nitrogen and oxygen atoms in total. The maximum Gasteiger partial charge on any atom is 0.223 e. The van der Waals surface area contributed by atoms with Crippen LogP contribution in [-0.4, -0.2) is 23.7 Å². The molecule has 0 spiro atoms. The minimum Gasteiger partial charge on any atom is -0.393 e. The van der Waals surface area contributed by atoms with Gasteiger partial charge in [-0.1, -0.05) is 0 Å². The zero-order chi connectivity index (χ0) is 9.26. The summed E-state index contributed by atoms with van der Waals surface area (Å²) in [6.45, 7) is 0.646. The Morgan fingerprint density at radius 3 is 2.62 bits per heavy atom. The highest BCUT2D eigenvalue weighted by Gasteiger charge is 2.31. The van der Waals surface area contributed by atoms with Crippen molar-refractivity contribution >= 4 is 5.91 Å². The molecule has 0 aromatic rings. The van der Waals surface area contributed by atoms with Crippen molar-refractivity contribution in [1.29, 1.82) is 0 Å². The fourth-order valence-electron chi connectivity index (χ4n) is 1.55. The largest absolute Gasteiger partial charge is 0.393 e. The third-order valence-corrected chi connectivity index (χ3v) is 2.85. The number of carbonyl (C=O) groups is 1. The average Bonchev–Trinajstić information content (AvgIpc) is 2.95. The van der Waals surface area contributed by atoms with Crippen molar-refractivity contribution in [3.05, 3.63) is 0 Å². The Hall–Kier alpha value is -0.570. The van der Waals surface area contributed by atoms with Crippen molar-refractivity contribution < 1.29 is 9.90 Å². The molecule has 1 amide bonds. The molecule has 74 valence electrons. The number of nitrogens with one attached hydrogen (secondary N) is 1. The van der Waals surface area contributed by atoms with Gasteiger partial charge in [0.25, 0.3) is 0 Å². The first kappa shape index (κ1) is 9.00. The zero-order valence-corrected chi connectivity index (χ0v) is 7.83. The van der Waals surface area contributed by atoms with E-state index in [0.29, 0.717) is 12.5 Å². The molecule has 0 radical (unpaired) electrons. The summed E-state index contributed by atoms with van der Waals surface area (Å²) in [5, 5.41) is 12.4. The normalized spacial score (nSPS) is 24.1. The molecule has 2 rings (SSSR count). The number of carbonyl (C=O) groups excluding carboxylic acids is 1. The molecule has 0 aromatic heterocycles. The topological polar surface area (TPSA) is 49.3 Å². The number of aliphatic hydroxyl groups is 1. The average molecular weight is 183 g/mol. The molecule has 13 heavy (non-hydrogen) atoms. The van der Waals surface area contributed by atoms with Crippen molar-refractivity contribution in [2.24, 2.45) is 11.8 Å². The third-order valence-electron chi connectivity index (χ3n) is 2.85. The van der Waals surface area contributed by atoms with E-state index < -0.39 is 0 Å². The number of amides is 1. The van der Waals surface area contributed by atoms with E-state index in [9.17, 15) is 9.90 Å². The first-order valence-corrected chi connectivity index (χ1v) is 5.23. The fourth-order valence-corrected chi connectivity index (χ4v) is 1.55. The Balaban J connectivity index is 1.54. The van der Waals surface area contributed by atoms with Crippen LogP contribution in [0.15, 0.2) is 0 Å². The van der Waals surface area contributed by atoms with Crippen molar-refractivity contribution in [2.75, 3.05) is 6.54 Å². The van der Waals surface area contributed by atoms with Gasteiger partial charge in [-0.25, -0.2) is 0 Å². The van der Waals surface area contributed by atoms with E-state index in [0.717, 1.165) is 32.1 Å². The quantitative estimate of drug-likeness (QED) is 0.658. The molecule has 2 aliphatic carbocycles. The van der Waals surface area contributed by atoms with Crippen LogP contribution in [0.1, 0.15) is 32.1 Å². The van der Waals surface area contributed by atoms with Gasteiger partial charge in [0.05, 0.1) is 6.10 Å². The van der Waals surface area contributed by atoms with Crippen LogP contribution in [0.2, 0.25) is 0 Å². The number of rotatable bonds is 5. The Bertz CT molecular complexity index is 197. The van der Waals surface area contributed by atoms with Crippen molar-refractivity contribution in [3.63, 3.8) is 0 Å². The van der Waals surface area contributed by atoms with Gasteiger partial charge in [0.2, 0.25) is 5.91 Å². The maximum absolute atomic E-state index is 11.2. The number of aliphatic hydroxyl groups excluding tert-OH is 1. The second kappa shape index (κ2) is 3.66. The molecule has 0 aromatic carbocycles. The van der Waals surface area contributed by atoms with E-state index in [-0.39, 0.29) is 17.9 Å². The van der Waals surface area contributed by atoms with Crippen LogP contribution in [0, 0.1) is 11.8 Å². The molecule has 0 aliphatic heterocycles. The fraction of sp³-hybridized carbons (Fsp3) is 0.900. The first-order chi connectivity index (χ1) is 6.27. The lowest BCUT2D eigenvalue weighted by Crippen LogP contribution is -2.28. The molecular weight excluding hydrogens is 166 g/mol. The van der Waals surface area contributed by atoms with Crippen LogP contribution in [0.5, 0.6) is 0 Å². The van der Waals surface area contributed by atoms with Gasteiger partial charge in [0.1, 0.15) is 0 Å². The van der Waals surface area contributed by atoms with E-state index >= 15 is 0 Å². The highest BCUT2D eigenvalue weighted by molar-refractivity contribution is 5.80. The number of hydrogen-bond acceptors (Lipinski definition) is 2. The highest BCUT2D eigenvalue weighted by Crippen LogP contribution is 2.33. The molecule has 0 unspecified atom stereocenters. The molecule has 2 fully saturated rings. The van der Waals surface area contributed by atoms with Gasteiger partial charge in [0, 0.05) is 12.5 Å².